The van der Waals surface area contributed by atoms with E-state index in [0.29, 0.717) is 11.3 Å². The maximum Gasteiger partial charge on any atom is 0.435 e. The van der Waals surface area contributed by atoms with Gasteiger partial charge in [-0.15, -0.1) is 11.3 Å². The molecule has 0 saturated heterocycles. The number of aromatic nitrogens is 2. The molecule has 174 valence electrons. The first-order chi connectivity index (χ1) is 15.1. The molecule has 0 aliphatic heterocycles. The molecule has 2 heterocycles. The average Bonchev–Trinajstić information content (AvgIpc) is 3.38. The van der Waals surface area contributed by atoms with Gasteiger partial charge in [0.15, 0.2) is 5.69 Å². The smallest absolute Gasteiger partial charge is 0.435 e. The molecular formula is C20H22F3N3O5S. The van der Waals surface area contributed by atoms with Crippen LogP contribution in [-0.4, -0.2) is 41.3 Å². The largest absolute Gasteiger partial charge is 0.465 e. The fraction of sp³-hybridized carbons (Fsp3) is 0.500. The highest BCUT2D eigenvalue weighted by Crippen LogP contribution is 2.42. The molecule has 12 heteroatoms. The van der Waals surface area contributed by atoms with Gasteiger partial charge in [-0.2, -0.15) is 18.3 Å². The van der Waals surface area contributed by atoms with Gasteiger partial charge in [0, 0.05) is 24.6 Å². The molecule has 1 amide bonds. The van der Waals surface area contributed by atoms with Gasteiger partial charge in [0.2, 0.25) is 5.91 Å². The predicted molar refractivity (Wildman–Crippen MR) is 109 cm³/mol. The second-order valence-electron chi connectivity index (χ2n) is 7.22. The summed E-state index contributed by atoms with van der Waals surface area (Å²) in [5, 5.41) is 6.30. The second-order valence-corrected chi connectivity index (χ2v) is 8.24. The van der Waals surface area contributed by atoms with Gasteiger partial charge in [0.1, 0.15) is 9.88 Å². The summed E-state index contributed by atoms with van der Waals surface area (Å²) in [6.07, 6.45) is -3.18. The maximum atomic E-state index is 13.0. The van der Waals surface area contributed by atoms with Gasteiger partial charge in [0.05, 0.1) is 19.3 Å². The molecular weight excluding hydrogens is 451 g/mol. The molecule has 1 saturated carbocycles. The summed E-state index contributed by atoms with van der Waals surface area (Å²) in [6, 6.07) is 1.03. The minimum absolute atomic E-state index is 0.0136. The number of rotatable bonds is 8. The van der Waals surface area contributed by atoms with E-state index in [2.05, 4.69) is 10.4 Å². The molecule has 1 fully saturated rings. The number of hydrogen-bond acceptors (Lipinski definition) is 7. The fourth-order valence-corrected chi connectivity index (χ4v) is 4.30. The van der Waals surface area contributed by atoms with Crippen LogP contribution >= 0.6 is 11.3 Å². The van der Waals surface area contributed by atoms with E-state index in [1.54, 1.807) is 6.92 Å². The summed E-state index contributed by atoms with van der Waals surface area (Å²) in [4.78, 5) is 37.0. The molecule has 1 aliphatic carbocycles. The summed E-state index contributed by atoms with van der Waals surface area (Å²) < 4.78 is 50.0. The van der Waals surface area contributed by atoms with E-state index in [4.69, 9.17) is 9.47 Å². The van der Waals surface area contributed by atoms with Crippen LogP contribution in [0.5, 0.6) is 0 Å². The Morgan fingerprint density at radius 1 is 1.28 bits per heavy atom. The van der Waals surface area contributed by atoms with Crippen LogP contribution < -0.4 is 5.32 Å². The highest BCUT2D eigenvalue weighted by molar-refractivity contribution is 7.18. The number of ether oxygens (including phenoxy) is 2. The predicted octanol–water partition coefficient (Wildman–Crippen LogP) is 4.14. The van der Waals surface area contributed by atoms with Gasteiger partial charge in [0.25, 0.3) is 0 Å². The van der Waals surface area contributed by atoms with Crippen molar-refractivity contribution in [2.45, 2.75) is 51.7 Å². The highest BCUT2D eigenvalue weighted by atomic mass is 32.1. The third-order valence-electron chi connectivity index (χ3n) is 4.90. The van der Waals surface area contributed by atoms with Crippen molar-refractivity contribution in [3.05, 3.63) is 33.5 Å². The van der Waals surface area contributed by atoms with Crippen LogP contribution in [0, 0.1) is 6.92 Å². The Kier molecular flexibility index (Phi) is 6.91. The quantitative estimate of drug-likeness (QED) is 0.579. The minimum Gasteiger partial charge on any atom is -0.465 e. The topological polar surface area (TPSA) is 99.5 Å². The number of methoxy groups -OCH3 is 1. The van der Waals surface area contributed by atoms with Gasteiger partial charge in [-0.3, -0.25) is 9.48 Å². The molecule has 0 atom stereocenters. The van der Waals surface area contributed by atoms with E-state index in [1.807, 2.05) is 0 Å². The van der Waals surface area contributed by atoms with Crippen LogP contribution in [0.2, 0.25) is 0 Å². The lowest BCUT2D eigenvalue weighted by atomic mass is 10.1. The zero-order valence-corrected chi connectivity index (χ0v) is 18.5. The first-order valence-electron chi connectivity index (χ1n) is 9.90. The van der Waals surface area contributed by atoms with E-state index in [1.165, 1.54) is 18.7 Å². The molecule has 1 N–H and O–H groups in total. The molecule has 8 nitrogen and oxygen atoms in total. The Bertz CT molecular complexity index is 1040. The van der Waals surface area contributed by atoms with Crippen molar-refractivity contribution in [2.24, 2.45) is 0 Å². The van der Waals surface area contributed by atoms with Crippen LogP contribution in [0.25, 0.3) is 0 Å². The summed E-state index contributed by atoms with van der Waals surface area (Å²) in [5.41, 5.74) is -0.183. The normalized spacial score (nSPS) is 13.7. The number of carbonyl (C=O) groups is 3. The Balaban J connectivity index is 1.77. The van der Waals surface area contributed by atoms with Gasteiger partial charge in [-0.1, -0.05) is 0 Å². The van der Waals surface area contributed by atoms with Crippen molar-refractivity contribution in [3.8, 4) is 0 Å². The van der Waals surface area contributed by atoms with Crippen LogP contribution in [0.4, 0.5) is 18.2 Å². The summed E-state index contributed by atoms with van der Waals surface area (Å²) in [5.74, 6) is -1.90. The van der Waals surface area contributed by atoms with Gasteiger partial charge in [-0.05, 0) is 38.3 Å². The Labute approximate surface area is 185 Å². The Morgan fingerprint density at radius 3 is 2.53 bits per heavy atom. The first-order valence-corrected chi connectivity index (χ1v) is 10.7. The lowest BCUT2D eigenvalue weighted by Crippen LogP contribution is -2.17. The van der Waals surface area contributed by atoms with E-state index < -0.39 is 29.7 Å². The zero-order valence-electron chi connectivity index (χ0n) is 17.7. The number of hydrogen-bond donors (Lipinski definition) is 1. The Hall–Kier alpha value is -2.89. The monoisotopic (exact) mass is 473 g/mol. The number of aryl methyl sites for hydroxylation is 1. The van der Waals surface area contributed by atoms with Crippen LogP contribution in [0.15, 0.2) is 6.07 Å². The van der Waals surface area contributed by atoms with Gasteiger partial charge >= 0.3 is 18.1 Å². The number of carbonyl (C=O) groups excluding carboxylic acids is 3. The standard InChI is InChI=1S/C20H22F3N3O5S/c1-4-31-19(29)16-10(2)15(18(28)30-3)17(32-16)24-14(27)7-8-26-12(11-5-6-11)9-13(25-26)20(21,22)23/h9,11H,4-8H2,1-3H3,(H,24,27). The molecule has 3 rings (SSSR count). The lowest BCUT2D eigenvalue weighted by molar-refractivity contribution is -0.141. The van der Waals surface area contributed by atoms with Crippen molar-refractivity contribution in [1.82, 2.24) is 9.78 Å². The Morgan fingerprint density at radius 2 is 1.97 bits per heavy atom. The zero-order chi connectivity index (χ0) is 23.6. The van der Waals surface area contributed by atoms with Gasteiger partial charge in [-0.25, -0.2) is 9.59 Å². The molecule has 0 radical (unpaired) electrons. The van der Waals surface area contributed by atoms with Crippen LogP contribution in [0.1, 0.15) is 69.1 Å². The minimum atomic E-state index is -4.56. The SMILES string of the molecule is CCOC(=O)c1sc(NC(=O)CCn2nc(C(F)(F)F)cc2C2CC2)c(C(=O)OC)c1C. The van der Waals surface area contributed by atoms with Crippen molar-refractivity contribution in [1.29, 1.82) is 0 Å². The maximum absolute atomic E-state index is 13.0. The van der Waals surface area contributed by atoms with E-state index in [-0.39, 0.29) is 40.9 Å². The number of thiophene rings is 1. The summed E-state index contributed by atoms with van der Waals surface area (Å²) >= 11 is 0.875. The number of esters is 2. The summed E-state index contributed by atoms with van der Waals surface area (Å²) in [7, 11) is 1.17. The number of nitrogens with zero attached hydrogens (tertiary/aromatic N) is 2. The van der Waals surface area contributed by atoms with Crippen LogP contribution in [0.3, 0.4) is 0 Å². The highest BCUT2D eigenvalue weighted by Gasteiger charge is 2.37. The lowest BCUT2D eigenvalue weighted by Gasteiger charge is -2.08. The first kappa shape index (κ1) is 23.8. The third-order valence-corrected chi connectivity index (χ3v) is 6.09. The molecule has 1 aliphatic rings. The van der Waals surface area contributed by atoms with Crippen molar-refractivity contribution in [2.75, 3.05) is 19.0 Å². The number of nitrogens with one attached hydrogen (secondary N) is 1. The third kappa shape index (κ3) is 5.12. The average molecular weight is 473 g/mol. The molecule has 0 unspecified atom stereocenters. The van der Waals surface area contributed by atoms with Crippen molar-refractivity contribution < 1.29 is 37.0 Å². The number of amides is 1. The molecule has 0 aromatic carbocycles. The van der Waals surface area contributed by atoms with E-state index in [0.717, 1.165) is 30.2 Å². The molecule has 2 aromatic rings. The van der Waals surface area contributed by atoms with Crippen molar-refractivity contribution in [3.63, 3.8) is 0 Å². The van der Waals surface area contributed by atoms with E-state index in [9.17, 15) is 27.6 Å². The molecule has 0 bridgehead atoms. The second kappa shape index (κ2) is 9.31. The number of alkyl halides is 3. The van der Waals surface area contributed by atoms with Crippen molar-refractivity contribution >= 4 is 34.2 Å². The van der Waals surface area contributed by atoms with E-state index >= 15 is 0 Å². The number of halogens is 3. The molecule has 2 aromatic heterocycles. The molecule has 32 heavy (non-hydrogen) atoms. The molecule has 0 spiro atoms. The number of anilines is 1. The van der Waals surface area contributed by atoms with Crippen LogP contribution in [-0.2, 0) is 27.0 Å². The van der Waals surface area contributed by atoms with Gasteiger partial charge < -0.3 is 14.8 Å². The summed E-state index contributed by atoms with van der Waals surface area (Å²) in [6.45, 7) is 3.25. The fourth-order valence-electron chi connectivity index (χ4n) is 3.19.